The molecule has 1 heterocycles. The molecular weight excluding hydrogens is 302 g/mol. The van der Waals surface area contributed by atoms with Crippen LogP contribution in [0.4, 0.5) is 0 Å². The molecular formula is C24H21N. The zero-order valence-electron chi connectivity index (χ0n) is 14.7. The Morgan fingerprint density at radius 2 is 1.44 bits per heavy atom. The number of hydrogen-bond donors (Lipinski definition) is 0. The zero-order chi connectivity index (χ0) is 17.4. The predicted octanol–water partition coefficient (Wildman–Crippen LogP) is 6.68. The number of nitrogens with zero attached hydrogens (tertiary/aromatic N) is 1. The van der Waals surface area contributed by atoms with E-state index in [1.807, 2.05) is 0 Å². The molecule has 3 aromatic carbocycles. The first-order valence-corrected chi connectivity index (χ1v) is 8.58. The van der Waals surface area contributed by atoms with Crippen molar-refractivity contribution in [3.8, 4) is 0 Å². The summed E-state index contributed by atoms with van der Waals surface area (Å²) >= 11 is 0. The molecule has 0 unspecified atom stereocenters. The molecule has 0 spiro atoms. The van der Waals surface area contributed by atoms with Crippen LogP contribution in [0, 0.1) is 6.92 Å². The second kappa shape index (κ2) is 6.10. The molecule has 0 aliphatic carbocycles. The smallest absolute Gasteiger partial charge is 0.0537 e. The summed E-state index contributed by atoms with van der Waals surface area (Å²) in [5, 5.41) is 2.57. The summed E-state index contributed by atoms with van der Waals surface area (Å²) in [5.41, 5.74) is 7.08. The molecule has 0 fully saturated rings. The van der Waals surface area contributed by atoms with Crippen molar-refractivity contribution >= 4 is 33.1 Å². The minimum atomic E-state index is 1.03. The lowest BCUT2D eigenvalue weighted by Gasteiger charge is -2.10. The SMILES string of the molecule is C=C(/C=C(\C)n1c2ccccc2c2ccccc21)c1cccc(C)c1. The minimum absolute atomic E-state index is 1.03. The predicted molar refractivity (Wildman–Crippen MR) is 110 cm³/mol. The van der Waals surface area contributed by atoms with Crippen molar-refractivity contribution in [3.63, 3.8) is 0 Å². The van der Waals surface area contributed by atoms with Crippen molar-refractivity contribution in [2.75, 3.05) is 0 Å². The Labute approximate surface area is 148 Å². The lowest BCUT2D eigenvalue weighted by Crippen LogP contribution is -1.94. The van der Waals surface area contributed by atoms with E-state index in [2.05, 4.69) is 104 Å². The quantitative estimate of drug-likeness (QED) is 0.371. The Balaban J connectivity index is 1.89. The number of aromatic nitrogens is 1. The fourth-order valence-electron chi connectivity index (χ4n) is 3.55. The van der Waals surface area contributed by atoms with Crippen LogP contribution in [0.5, 0.6) is 0 Å². The summed E-state index contributed by atoms with van der Waals surface area (Å²) in [5.74, 6) is 0. The molecule has 4 rings (SSSR count). The van der Waals surface area contributed by atoms with Crippen molar-refractivity contribution in [1.82, 2.24) is 4.57 Å². The van der Waals surface area contributed by atoms with E-state index in [1.165, 1.54) is 38.6 Å². The lowest BCUT2D eigenvalue weighted by atomic mass is 10.0. The Hall–Kier alpha value is -3.06. The van der Waals surface area contributed by atoms with Gasteiger partial charge in [0.25, 0.3) is 0 Å². The molecule has 0 saturated carbocycles. The van der Waals surface area contributed by atoms with E-state index in [0.29, 0.717) is 0 Å². The van der Waals surface area contributed by atoms with Gasteiger partial charge < -0.3 is 4.57 Å². The standard InChI is InChI=1S/C24H21N/c1-17-9-8-10-20(15-17)18(2)16-19(3)25-23-13-6-4-11-21(23)22-12-5-7-14-24(22)25/h4-16H,2H2,1,3H3/b19-16+. The summed E-state index contributed by atoms with van der Waals surface area (Å²) in [6, 6.07) is 25.6. The third-order valence-corrected chi connectivity index (χ3v) is 4.70. The number of hydrogen-bond acceptors (Lipinski definition) is 0. The minimum Gasteiger partial charge on any atom is -0.313 e. The highest BCUT2D eigenvalue weighted by Crippen LogP contribution is 2.32. The third kappa shape index (κ3) is 2.68. The summed E-state index contributed by atoms with van der Waals surface area (Å²) in [4.78, 5) is 0. The maximum Gasteiger partial charge on any atom is 0.0537 e. The van der Waals surface area contributed by atoms with E-state index in [0.717, 1.165) is 5.57 Å². The molecule has 0 radical (unpaired) electrons. The number of allylic oxidation sites excluding steroid dienone is 3. The number of aryl methyl sites for hydroxylation is 1. The van der Waals surface area contributed by atoms with Crippen LogP contribution < -0.4 is 0 Å². The number of fused-ring (bicyclic) bond motifs is 3. The van der Waals surface area contributed by atoms with E-state index in [1.54, 1.807) is 0 Å². The van der Waals surface area contributed by atoms with Gasteiger partial charge in [0, 0.05) is 16.5 Å². The van der Waals surface area contributed by atoms with Crippen LogP contribution in [0.25, 0.3) is 33.1 Å². The summed E-state index contributed by atoms with van der Waals surface area (Å²) < 4.78 is 2.33. The van der Waals surface area contributed by atoms with E-state index in [-0.39, 0.29) is 0 Å². The molecule has 0 bridgehead atoms. The van der Waals surface area contributed by atoms with Gasteiger partial charge in [0.15, 0.2) is 0 Å². The van der Waals surface area contributed by atoms with E-state index in [4.69, 9.17) is 0 Å². The molecule has 0 aliphatic rings. The zero-order valence-corrected chi connectivity index (χ0v) is 14.7. The summed E-state index contributed by atoms with van der Waals surface area (Å²) in [6.45, 7) is 8.55. The van der Waals surface area contributed by atoms with Gasteiger partial charge in [-0.2, -0.15) is 0 Å². The Bertz CT molecular complexity index is 1070. The fourth-order valence-corrected chi connectivity index (χ4v) is 3.55. The normalized spacial score (nSPS) is 12.0. The Morgan fingerprint density at radius 1 is 0.840 bits per heavy atom. The van der Waals surface area contributed by atoms with Gasteiger partial charge in [-0.25, -0.2) is 0 Å². The van der Waals surface area contributed by atoms with Crippen LogP contribution >= 0.6 is 0 Å². The molecule has 122 valence electrons. The molecule has 1 aromatic heterocycles. The van der Waals surface area contributed by atoms with Crippen LogP contribution in [0.2, 0.25) is 0 Å². The summed E-state index contributed by atoms with van der Waals surface area (Å²) in [6.07, 6.45) is 2.17. The number of benzene rings is 3. The third-order valence-electron chi connectivity index (χ3n) is 4.70. The van der Waals surface area contributed by atoms with Gasteiger partial charge in [0.05, 0.1) is 11.0 Å². The first-order valence-electron chi connectivity index (χ1n) is 8.58. The maximum atomic E-state index is 4.29. The maximum absolute atomic E-state index is 4.29. The fraction of sp³-hybridized carbons (Fsp3) is 0.0833. The van der Waals surface area contributed by atoms with Crippen molar-refractivity contribution in [2.45, 2.75) is 13.8 Å². The van der Waals surface area contributed by atoms with Gasteiger partial charge in [0.2, 0.25) is 0 Å². The highest BCUT2D eigenvalue weighted by Gasteiger charge is 2.10. The van der Waals surface area contributed by atoms with E-state index in [9.17, 15) is 0 Å². The highest BCUT2D eigenvalue weighted by atomic mass is 15.0. The van der Waals surface area contributed by atoms with Gasteiger partial charge >= 0.3 is 0 Å². The van der Waals surface area contributed by atoms with Crippen LogP contribution in [-0.4, -0.2) is 4.57 Å². The average molecular weight is 323 g/mol. The Morgan fingerprint density at radius 3 is 2.04 bits per heavy atom. The Kier molecular flexibility index (Phi) is 3.77. The molecule has 0 aliphatic heterocycles. The largest absolute Gasteiger partial charge is 0.313 e. The highest BCUT2D eigenvalue weighted by molar-refractivity contribution is 6.10. The van der Waals surface area contributed by atoms with Crippen molar-refractivity contribution in [3.05, 3.63) is 96.6 Å². The number of para-hydroxylation sites is 2. The first-order chi connectivity index (χ1) is 12.1. The second-order valence-corrected chi connectivity index (χ2v) is 6.55. The van der Waals surface area contributed by atoms with Gasteiger partial charge in [-0.1, -0.05) is 72.8 Å². The molecule has 0 atom stereocenters. The second-order valence-electron chi connectivity index (χ2n) is 6.55. The molecule has 1 nitrogen and oxygen atoms in total. The van der Waals surface area contributed by atoms with Crippen LogP contribution in [-0.2, 0) is 0 Å². The molecule has 0 amide bonds. The monoisotopic (exact) mass is 323 g/mol. The first kappa shape index (κ1) is 15.5. The molecule has 1 heteroatoms. The van der Waals surface area contributed by atoms with Crippen LogP contribution in [0.3, 0.4) is 0 Å². The number of rotatable bonds is 3. The molecule has 0 saturated heterocycles. The average Bonchev–Trinajstić information content (AvgIpc) is 2.96. The van der Waals surface area contributed by atoms with Gasteiger partial charge in [-0.3, -0.25) is 0 Å². The van der Waals surface area contributed by atoms with Crippen molar-refractivity contribution in [1.29, 1.82) is 0 Å². The van der Waals surface area contributed by atoms with Crippen molar-refractivity contribution < 1.29 is 0 Å². The van der Waals surface area contributed by atoms with Gasteiger partial charge in [-0.15, -0.1) is 0 Å². The lowest BCUT2D eigenvalue weighted by molar-refractivity contribution is 1.20. The van der Waals surface area contributed by atoms with E-state index < -0.39 is 0 Å². The van der Waals surface area contributed by atoms with Crippen LogP contribution in [0.15, 0.2) is 85.5 Å². The molecule has 25 heavy (non-hydrogen) atoms. The topological polar surface area (TPSA) is 4.93 Å². The van der Waals surface area contributed by atoms with Crippen LogP contribution in [0.1, 0.15) is 18.1 Å². The summed E-state index contributed by atoms with van der Waals surface area (Å²) in [7, 11) is 0. The molecule has 4 aromatic rings. The van der Waals surface area contributed by atoms with Crippen molar-refractivity contribution in [2.24, 2.45) is 0 Å². The molecule has 0 N–H and O–H groups in total. The van der Waals surface area contributed by atoms with E-state index >= 15 is 0 Å². The van der Waals surface area contributed by atoms with Gasteiger partial charge in [0.1, 0.15) is 0 Å². The van der Waals surface area contributed by atoms with Gasteiger partial charge in [-0.05, 0) is 43.2 Å².